The summed E-state index contributed by atoms with van der Waals surface area (Å²) >= 11 is 0. The van der Waals surface area contributed by atoms with Gasteiger partial charge in [-0.15, -0.1) is 0 Å². The van der Waals surface area contributed by atoms with Crippen molar-refractivity contribution in [1.82, 2.24) is 0 Å². The van der Waals surface area contributed by atoms with Crippen molar-refractivity contribution in [3.63, 3.8) is 0 Å². The average molecular weight is 332 g/mol. The van der Waals surface area contributed by atoms with E-state index in [1.165, 1.54) is 102 Å². The number of nitrogens with zero attached hydrogens (tertiary/aromatic N) is 1. The SMILES string of the molecule is CCCCCCCCCCN(CCCCCCC)c1ccccc1. The summed E-state index contributed by atoms with van der Waals surface area (Å²) in [5, 5.41) is 0. The third-order valence-electron chi connectivity index (χ3n) is 4.93. The number of anilines is 1. The highest BCUT2D eigenvalue weighted by Crippen LogP contribution is 2.17. The Morgan fingerprint density at radius 1 is 0.542 bits per heavy atom. The lowest BCUT2D eigenvalue weighted by atomic mass is 10.1. The highest BCUT2D eigenvalue weighted by atomic mass is 15.1. The predicted octanol–water partition coefficient (Wildman–Crippen LogP) is 7.60. The first-order chi connectivity index (χ1) is 11.9. The van der Waals surface area contributed by atoms with Crippen LogP contribution in [0.1, 0.15) is 97.3 Å². The zero-order valence-electron chi connectivity index (χ0n) is 16.4. The minimum atomic E-state index is 1.23. The van der Waals surface area contributed by atoms with Crippen LogP contribution >= 0.6 is 0 Å². The van der Waals surface area contributed by atoms with E-state index in [2.05, 4.69) is 49.1 Å². The maximum atomic E-state index is 2.61. The molecule has 0 amide bonds. The van der Waals surface area contributed by atoms with Crippen LogP contribution in [0.2, 0.25) is 0 Å². The molecule has 0 heterocycles. The van der Waals surface area contributed by atoms with Crippen LogP contribution in [-0.4, -0.2) is 13.1 Å². The van der Waals surface area contributed by atoms with Crippen molar-refractivity contribution in [1.29, 1.82) is 0 Å². The van der Waals surface area contributed by atoms with Crippen LogP contribution in [0.15, 0.2) is 30.3 Å². The van der Waals surface area contributed by atoms with Crippen molar-refractivity contribution in [2.45, 2.75) is 97.3 Å². The molecule has 0 aliphatic rings. The number of hydrogen-bond donors (Lipinski definition) is 0. The first kappa shape index (κ1) is 21.1. The van der Waals surface area contributed by atoms with Crippen LogP contribution in [0.5, 0.6) is 0 Å². The summed E-state index contributed by atoms with van der Waals surface area (Å²) < 4.78 is 0. The van der Waals surface area contributed by atoms with Crippen LogP contribution < -0.4 is 4.90 Å². The molecule has 1 rings (SSSR count). The molecule has 24 heavy (non-hydrogen) atoms. The van der Waals surface area contributed by atoms with E-state index in [0.717, 1.165) is 0 Å². The third kappa shape index (κ3) is 10.7. The number of benzene rings is 1. The number of para-hydroxylation sites is 1. The first-order valence-corrected chi connectivity index (χ1v) is 10.7. The topological polar surface area (TPSA) is 3.24 Å². The molecule has 0 aliphatic carbocycles. The third-order valence-corrected chi connectivity index (χ3v) is 4.93. The van der Waals surface area contributed by atoms with Gasteiger partial charge in [-0.05, 0) is 25.0 Å². The molecule has 1 nitrogen and oxygen atoms in total. The van der Waals surface area contributed by atoms with Gasteiger partial charge in [-0.25, -0.2) is 0 Å². The van der Waals surface area contributed by atoms with Gasteiger partial charge in [0.05, 0.1) is 0 Å². The Kier molecular flexibility index (Phi) is 13.6. The van der Waals surface area contributed by atoms with Crippen LogP contribution in [0.4, 0.5) is 5.69 Å². The molecule has 0 saturated carbocycles. The average Bonchev–Trinajstić information content (AvgIpc) is 2.62. The van der Waals surface area contributed by atoms with Crippen LogP contribution in [0.3, 0.4) is 0 Å². The van der Waals surface area contributed by atoms with Gasteiger partial charge < -0.3 is 4.90 Å². The summed E-state index contributed by atoms with van der Waals surface area (Å²) in [6.45, 7) is 7.04. The van der Waals surface area contributed by atoms with Crippen molar-refractivity contribution in [3.8, 4) is 0 Å². The molecule has 0 atom stereocenters. The Balaban J connectivity index is 2.21. The molecule has 0 fully saturated rings. The van der Waals surface area contributed by atoms with Crippen LogP contribution in [0.25, 0.3) is 0 Å². The lowest BCUT2D eigenvalue weighted by Crippen LogP contribution is -2.25. The standard InChI is InChI=1S/C23H41N/c1-3-5-7-9-10-11-13-18-22-24(21-17-12-8-6-4-2)23-19-15-14-16-20-23/h14-16,19-20H,3-13,17-18,21-22H2,1-2H3. The second-order valence-electron chi connectivity index (χ2n) is 7.21. The van der Waals surface area contributed by atoms with E-state index in [9.17, 15) is 0 Å². The van der Waals surface area contributed by atoms with Crippen molar-refractivity contribution < 1.29 is 0 Å². The summed E-state index contributed by atoms with van der Waals surface area (Å²) in [5.41, 5.74) is 1.41. The highest BCUT2D eigenvalue weighted by molar-refractivity contribution is 5.45. The molecule has 0 N–H and O–H groups in total. The lowest BCUT2D eigenvalue weighted by Gasteiger charge is -2.25. The molecule has 0 radical (unpaired) electrons. The van der Waals surface area contributed by atoms with Crippen molar-refractivity contribution in [3.05, 3.63) is 30.3 Å². The number of hydrogen-bond acceptors (Lipinski definition) is 1. The van der Waals surface area contributed by atoms with E-state index >= 15 is 0 Å². The fourth-order valence-corrected chi connectivity index (χ4v) is 3.35. The maximum Gasteiger partial charge on any atom is 0.0366 e. The Bertz CT molecular complexity index is 360. The largest absolute Gasteiger partial charge is 0.372 e. The summed E-state index contributed by atoms with van der Waals surface area (Å²) in [7, 11) is 0. The molecular weight excluding hydrogens is 290 g/mol. The molecule has 0 saturated heterocycles. The Hall–Kier alpha value is -0.980. The quantitative estimate of drug-likeness (QED) is 0.282. The van der Waals surface area contributed by atoms with E-state index in [0.29, 0.717) is 0 Å². The molecule has 0 aromatic heterocycles. The van der Waals surface area contributed by atoms with Crippen LogP contribution in [0, 0.1) is 0 Å². The maximum absolute atomic E-state index is 2.61. The Labute approximate surface area is 151 Å². The minimum absolute atomic E-state index is 1.23. The van der Waals surface area contributed by atoms with Gasteiger partial charge in [-0.1, -0.05) is 103 Å². The van der Waals surface area contributed by atoms with Gasteiger partial charge in [-0.2, -0.15) is 0 Å². The van der Waals surface area contributed by atoms with Crippen molar-refractivity contribution >= 4 is 5.69 Å². The molecule has 0 spiro atoms. The Morgan fingerprint density at radius 3 is 1.42 bits per heavy atom. The van der Waals surface area contributed by atoms with Crippen LogP contribution in [-0.2, 0) is 0 Å². The summed E-state index contributed by atoms with van der Waals surface area (Å²) in [6, 6.07) is 11.0. The van der Waals surface area contributed by atoms with Gasteiger partial charge in [0.15, 0.2) is 0 Å². The van der Waals surface area contributed by atoms with E-state index in [1.54, 1.807) is 0 Å². The second kappa shape index (κ2) is 15.5. The molecule has 1 aromatic rings. The zero-order valence-corrected chi connectivity index (χ0v) is 16.4. The van der Waals surface area contributed by atoms with E-state index < -0.39 is 0 Å². The monoisotopic (exact) mass is 331 g/mol. The van der Waals surface area contributed by atoms with Crippen molar-refractivity contribution in [2.24, 2.45) is 0 Å². The number of unbranched alkanes of at least 4 members (excludes halogenated alkanes) is 11. The van der Waals surface area contributed by atoms with Crippen molar-refractivity contribution in [2.75, 3.05) is 18.0 Å². The molecule has 0 bridgehead atoms. The van der Waals surface area contributed by atoms with Gasteiger partial charge in [-0.3, -0.25) is 0 Å². The smallest absolute Gasteiger partial charge is 0.0366 e. The fraction of sp³-hybridized carbons (Fsp3) is 0.739. The minimum Gasteiger partial charge on any atom is -0.372 e. The summed E-state index contributed by atoms with van der Waals surface area (Å²) in [5.74, 6) is 0. The van der Waals surface area contributed by atoms with Gasteiger partial charge in [0.2, 0.25) is 0 Å². The summed E-state index contributed by atoms with van der Waals surface area (Å²) in [6.07, 6.45) is 18.1. The van der Waals surface area contributed by atoms with E-state index in [1.807, 2.05) is 0 Å². The Morgan fingerprint density at radius 2 is 0.958 bits per heavy atom. The fourth-order valence-electron chi connectivity index (χ4n) is 3.35. The zero-order chi connectivity index (χ0) is 17.3. The summed E-state index contributed by atoms with van der Waals surface area (Å²) in [4.78, 5) is 2.61. The second-order valence-corrected chi connectivity index (χ2v) is 7.21. The predicted molar refractivity (Wildman–Crippen MR) is 110 cm³/mol. The molecule has 0 unspecified atom stereocenters. The molecule has 1 heteroatoms. The molecule has 1 aromatic carbocycles. The molecule has 138 valence electrons. The highest BCUT2D eigenvalue weighted by Gasteiger charge is 2.05. The van der Waals surface area contributed by atoms with E-state index in [-0.39, 0.29) is 0 Å². The van der Waals surface area contributed by atoms with Gasteiger partial charge in [0.25, 0.3) is 0 Å². The molecule has 0 aliphatic heterocycles. The normalized spacial score (nSPS) is 10.9. The number of rotatable bonds is 16. The van der Waals surface area contributed by atoms with Gasteiger partial charge in [0, 0.05) is 18.8 Å². The molecular formula is C23H41N. The van der Waals surface area contributed by atoms with E-state index in [4.69, 9.17) is 0 Å². The van der Waals surface area contributed by atoms with Gasteiger partial charge >= 0.3 is 0 Å². The lowest BCUT2D eigenvalue weighted by molar-refractivity contribution is 0.564. The first-order valence-electron chi connectivity index (χ1n) is 10.7. The van der Waals surface area contributed by atoms with Gasteiger partial charge in [0.1, 0.15) is 0 Å².